The fourth-order valence-corrected chi connectivity index (χ4v) is 2.38. The van der Waals surface area contributed by atoms with Gasteiger partial charge in [-0.15, -0.1) is 0 Å². The molecule has 2 N–H and O–H groups in total. The third-order valence-electron chi connectivity index (χ3n) is 3.75. The van der Waals surface area contributed by atoms with Crippen molar-refractivity contribution in [3.63, 3.8) is 0 Å². The van der Waals surface area contributed by atoms with Crippen LogP contribution in [0.25, 0.3) is 0 Å². The number of hydrogen-bond donors (Lipinski definition) is 2. The fraction of sp³-hybridized carbons (Fsp3) is 0.562. The van der Waals surface area contributed by atoms with Crippen molar-refractivity contribution in [2.24, 2.45) is 0 Å². The first-order chi connectivity index (χ1) is 9.64. The molecule has 1 saturated heterocycles. The van der Waals surface area contributed by atoms with E-state index in [1.54, 1.807) is 0 Å². The van der Waals surface area contributed by atoms with Gasteiger partial charge in [-0.2, -0.15) is 0 Å². The lowest BCUT2D eigenvalue weighted by atomic mass is 9.92. The van der Waals surface area contributed by atoms with Crippen LogP contribution in [0.4, 0.5) is 5.69 Å². The minimum atomic E-state index is -0.160. The summed E-state index contributed by atoms with van der Waals surface area (Å²) in [6.07, 6.45) is 2.76. The zero-order valence-electron chi connectivity index (χ0n) is 12.4. The minimum Gasteiger partial charge on any atom is -0.384 e. The molecule has 0 aromatic heterocycles. The molecule has 0 atom stereocenters. The Morgan fingerprint density at radius 3 is 2.70 bits per heavy atom. The smallest absolute Gasteiger partial charge is 0.253 e. The van der Waals surface area contributed by atoms with Gasteiger partial charge in [0.25, 0.3) is 5.91 Å². The molecule has 1 amide bonds. The molecule has 0 aliphatic carbocycles. The van der Waals surface area contributed by atoms with Gasteiger partial charge in [-0.3, -0.25) is 4.79 Å². The van der Waals surface area contributed by atoms with Crippen LogP contribution >= 0.6 is 0 Å². The number of carbonyl (C=O) groups excluding carboxylic acids is 1. The topological polar surface area (TPSA) is 50.4 Å². The first-order valence-electron chi connectivity index (χ1n) is 7.38. The fourth-order valence-electron chi connectivity index (χ4n) is 2.38. The number of hydrogen-bond acceptors (Lipinski definition) is 3. The summed E-state index contributed by atoms with van der Waals surface area (Å²) in [4.78, 5) is 12.5. The monoisotopic (exact) mass is 276 g/mol. The quantitative estimate of drug-likeness (QED) is 0.869. The molecule has 1 aliphatic heterocycles. The Hall–Kier alpha value is -1.55. The number of ether oxygens (including phenoxy) is 1. The Kier molecular flexibility index (Phi) is 5.01. The molecule has 0 radical (unpaired) electrons. The van der Waals surface area contributed by atoms with Crippen molar-refractivity contribution < 1.29 is 9.53 Å². The van der Waals surface area contributed by atoms with E-state index >= 15 is 0 Å². The maximum absolute atomic E-state index is 12.5. The molecule has 4 heteroatoms. The third-order valence-corrected chi connectivity index (χ3v) is 3.75. The Morgan fingerprint density at radius 1 is 1.30 bits per heavy atom. The number of carbonyl (C=O) groups is 1. The molecular weight excluding hydrogens is 252 g/mol. The lowest BCUT2D eigenvalue weighted by molar-refractivity contribution is 0.0423. The molecule has 4 nitrogen and oxygen atoms in total. The zero-order valence-corrected chi connectivity index (χ0v) is 12.4. The molecule has 2 rings (SSSR count). The molecule has 0 spiro atoms. The second-order valence-corrected chi connectivity index (χ2v) is 5.60. The Bertz CT molecular complexity index is 454. The third kappa shape index (κ3) is 3.73. The molecule has 1 fully saturated rings. The Balaban J connectivity index is 2.08. The number of para-hydroxylation sites is 1. The van der Waals surface area contributed by atoms with Gasteiger partial charge in [-0.05, 0) is 38.3 Å². The van der Waals surface area contributed by atoms with E-state index in [2.05, 4.69) is 24.5 Å². The van der Waals surface area contributed by atoms with Crippen molar-refractivity contribution in [3.05, 3.63) is 29.8 Å². The molecule has 1 aromatic rings. The van der Waals surface area contributed by atoms with Crippen LogP contribution in [0.1, 0.15) is 43.5 Å². The lowest BCUT2D eigenvalue weighted by Gasteiger charge is -2.34. The van der Waals surface area contributed by atoms with E-state index in [1.165, 1.54) is 0 Å². The first kappa shape index (κ1) is 14.9. The molecule has 20 heavy (non-hydrogen) atoms. The van der Waals surface area contributed by atoms with Crippen molar-refractivity contribution >= 4 is 11.6 Å². The number of nitrogens with one attached hydrogen (secondary N) is 2. The Labute approximate surface area is 120 Å². The predicted octanol–water partition coefficient (Wildman–Crippen LogP) is 2.81. The second-order valence-electron chi connectivity index (χ2n) is 5.60. The van der Waals surface area contributed by atoms with Gasteiger partial charge in [0.2, 0.25) is 0 Å². The van der Waals surface area contributed by atoms with Crippen LogP contribution in [0.3, 0.4) is 0 Å². The number of benzene rings is 1. The van der Waals surface area contributed by atoms with Crippen LogP contribution in [0.2, 0.25) is 0 Å². The van der Waals surface area contributed by atoms with Gasteiger partial charge in [0.15, 0.2) is 0 Å². The first-order valence-corrected chi connectivity index (χ1v) is 7.38. The van der Waals surface area contributed by atoms with Crippen LogP contribution in [-0.2, 0) is 4.74 Å². The maximum Gasteiger partial charge on any atom is 0.253 e. The Morgan fingerprint density at radius 2 is 2.00 bits per heavy atom. The van der Waals surface area contributed by atoms with Crippen molar-refractivity contribution in [2.45, 2.75) is 38.6 Å². The summed E-state index contributed by atoms with van der Waals surface area (Å²) >= 11 is 0. The summed E-state index contributed by atoms with van der Waals surface area (Å²) in [5, 5.41) is 6.48. The maximum atomic E-state index is 12.5. The van der Waals surface area contributed by atoms with Crippen LogP contribution in [0.5, 0.6) is 0 Å². The number of anilines is 1. The predicted molar refractivity (Wildman–Crippen MR) is 81.1 cm³/mol. The highest BCUT2D eigenvalue weighted by atomic mass is 16.5. The van der Waals surface area contributed by atoms with Gasteiger partial charge in [-0.25, -0.2) is 0 Å². The molecule has 0 saturated carbocycles. The molecule has 110 valence electrons. The average molecular weight is 276 g/mol. The largest absolute Gasteiger partial charge is 0.384 e. The standard InChI is InChI=1S/C16H24N2O2/c1-3-10-17-14-7-5-4-6-13(14)15(19)18-16(2)8-11-20-12-9-16/h4-7,17H,3,8-12H2,1-2H3,(H,18,19). The van der Waals surface area contributed by atoms with Gasteiger partial charge in [0, 0.05) is 31.0 Å². The van der Waals surface area contributed by atoms with Crippen LogP contribution in [0.15, 0.2) is 24.3 Å². The average Bonchev–Trinajstić information content (AvgIpc) is 2.45. The normalized spacial score (nSPS) is 17.5. The van der Waals surface area contributed by atoms with E-state index in [-0.39, 0.29) is 11.4 Å². The van der Waals surface area contributed by atoms with E-state index in [4.69, 9.17) is 4.74 Å². The number of rotatable bonds is 5. The summed E-state index contributed by atoms with van der Waals surface area (Å²) in [6, 6.07) is 7.68. The van der Waals surface area contributed by atoms with Crippen molar-refractivity contribution in [3.8, 4) is 0 Å². The summed E-state index contributed by atoms with van der Waals surface area (Å²) < 4.78 is 5.37. The van der Waals surface area contributed by atoms with E-state index in [0.29, 0.717) is 18.8 Å². The molecule has 1 aliphatic rings. The van der Waals surface area contributed by atoms with Crippen LogP contribution < -0.4 is 10.6 Å². The van der Waals surface area contributed by atoms with E-state index < -0.39 is 0 Å². The summed E-state index contributed by atoms with van der Waals surface area (Å²) in [5.41, 5.74) is 1.46. The minimum absolute atomic E-state index is 0.00592. The van der Waals surface area contributed by atoms with Gasteiger partial charge in [0.05, 0.1) is 5.56 Å². The summed E-state index contributed by atoms with van der Waals surface area (Å²) in [5.74, 6) is -0.00592. The SMILES string of the molecule is CCCNc1ccccc1C(=O)NC1(C)CCOCC1. The van der Waals surface area contributed by atoms with Crippen molar-refractivity contribution in [2.75, 3.05) is 25.1 Å². The van der Waals surface area contributed by atoms with Crippen LogP contribution in [0, 0.1) is 0 Å². The van der Waals surface area contributed by atoms with E-state index in [0.717, 1.165) is 31.5 Å². The zero-order chi connectivity index (χ0) is 14.4. The highest BCUT2D eigenvalue weighted by molar-refractivity contribution is 6.00. The van der Waals surface area contributed by atoms with E-state index in [9.17, 15) is 4.79 Å². The molecular formula is C16H24N2O2. The van der Waals surface area contributed by atoms with Crippen molar-refractivity contribution in [1.82, 2.24) is 5.32 Å². The highest BCUT2D eigenvalue weighted by Crippen LogP contribution is 2.22. The summed E-state index contributed by atoms with van der Waals surface area (Å²) in [6.45, 7) is 6.50. The summed E-state index contributed by atoms with van der Waals surface area (Å²) in [7, 11) is 0. The highest BCUT2D eigenvalue weighted by Gasteiger charge is 2.29. The molecule has 1 heterocycles. The van der Waals surface area contributed by atoms with Gasteiger partial charge in [0.1, 0.15) is 0 Å². The molecule has 1 aromatic carbocycles. The van der Waals surface area contributed by atoms with Gasteiger partial charge >= 0.3 is 0 Å². The van der Waals surface area contributed by atoms with Gasteiger partial charge in [-0.1, -0.05) is 19.1 Å². The number of amides is 1. The molecule has 0 bridgehead atoms. The lowest BCUT2D eigenvalue weighted by Crippen LogP contribution is -2.49. The molecule has 0 unspecified atom stereocenters. The van der Waals surface area contributed by atoms with Crippen molar-refractivity contribution in [1.29, 1.82) is 0 Å². The van der Waals surface area contributed by atoms with Gasteiger partial charge < -0.3 is 15.4 Å². The second kappa shape index (κ2) is 6.75. The van der Waals surface area contributed by atoms with Crippen LogP contribution in [-0.4, -0.2) is 31.2 Å². The van der Waals surface area contributed by atoms with E-state index in [1.807, 2.05) is 24.3 Å².